The van der Waals surface area contributed by atoms with Crippen molar-refractivity contribution in [2.45, 2.75) is 25.9 Å². The number of ether oxygens (including phenoxy) is 5. The summed E-state index contributed by atoms with van der Waals surface area (Å²) in [5, 5.41) is 8.55. The molecular formula is C26H25FN4O8. The van der Waals surface area contributed by atoms with Crippen LogP contribution in [-0.2, 0) is 20.8 Å². The second kappa shape index (κ2) is 10.9. The molecule has 0 saturated heterocycles. The highest BCUT2D eigenvalue weighted by Crippen LogP contribution is 2.52. The molecule has 1 unspecified atom stereocenters. The summed E-state index contributed by atoms with van der Waals surface area (Å²) in [4.78, 5) is 33.3. The van der Waals surface area contributed by atoms with E-state index < -0.39 is 23.8 Å². The smallest absolute Gasteiger partial charge is 0.356 e. The number of hydrazone groups is 1. The van der Waals surface area contributed by atoms with Gasteiger partial charge in [0.1, 0.15) is 17.6 Å². The Morgan fingerprint density at radius 2 is 1.97 bits per heavy atom. The van der Waals surface area contributed by atoms with Gasteiger partial charge in [0, 0.05) is 34.9 Å². The lowest BCUT2D eigenvalue weighted by molar-refractivity contribution is -0.135. The molecular weight excluding hydrogens is 515 g/mol. The molecule has 0 aliphatic carbocycles. The predicted octanol–water partition coefficient (Wildman–Crippen LogP) is 3.07. The zero-order valence-electron chi connectivity index (χ0n) is 21.3. The van der Waals surface area contributed by atoms with Crippen molar-refractivity contribution in [3.63, 3.8) is 0 Å². The van der Waals surface area contributed by atoms with E-state index in [2.05, 4.69) is 20.7 Å². The van der Waals surface area contributed by atoms with E-state index >= 15 is 0 Å². The van der Waals surface area contributed by atoms with E-state index in [1.165, 1.54) is 38.6 Å². The van der Waals surface area contributed by atoms with Crippen LogP contribution >= 0.6 is 0 Å². The van der Waals surface area contributed by atoms with Crippen molar-refractivity contribution in [1.82, 2.24) is 10.4 Å². The Bertz CT molecular complexity index is 1500. The maximum atomic E-state index is 13.5. The fourth-order valence-electron chi connectivity index (χ4n) is 4.43. The second-order valence-electron chi connectivity index (χ2n) is 8.53. The van der Waals surface area contributed by atoms with Crippen molar-refractivity contribution in [2.24, 2.45) is 10.3 Å². The number of aromatic amines is 1. The molecule has 1 atom stereocenters. The molecule has 0 bridgehead atoms. The average molecular weight is 541 g/mol. The number of hydrogen-bond acceptors (Lipinski definition) is 10. The van der Waals surface area contributed by atoms with Gasteiger partial charge in [0.25, 0.3) is 5.91 Å². The van der Waals surface area contributed by atoms with Gasteiger partial charge in [-0.15, -0.1) is 0 Å². The molecule has 12 nitrogen and oxygen atoms in total. The van der Waals surface area contributed by atoms with Crippen LogP contribution in [0, 0.1) is 5.82 Å². The number of halogens is 1. The number of oxime groups is 1. The molecule has 3 aromatic rings. The van der Waals surface area contributed by atoms with Crippen molar-refractivity contribution >= 4 is 34.7 Å². The van der Waals surface area contributed by atoms with E-state index in [-0.39, 0.29) is 37.6 Å². The lowest BCUT2D eigenvalue weighted by Gasteiger charge is -2.19. The first kappa shape index (κ1) is 25.8. The van der Waals surface area contributed by atoms with E-state index in [4.69, 9.17) is 28.5 Å². The Morgan fingerprint density at radius 3 is 2.72 bits per heavy atom. The molecule has 0 saturated carbocycles. The molecule has 1 amide bonds. The van der Waals surface area contributed by atoms with E-state index in [0.717, 1.165) is 0 Å². The van der Waals surface area contributed by atoms with E-state index in [0.29, 0.717) is 45.0 Å². The maximum Gasteiger partial charge on any atom is 0.356 e. The number of benzene rings is 2. The third-order valence-corrected chi connectivity index (χ3v) is 6.14. The SMILES string of the molecule is CCOC(=O)C1=NOC(Cc2c(/C=N\NC(=O)c3cc4cc(F)ccc4[nH]3)c(OC)c3c(c2OC)OCO3)C1. The Kier molecular flexibility index (Phi) is 7.21. The van der Waals surface area contributed by atoms with Crippen molar-refractivity contribution < 1.29 is 42.5 Å². The molecule has 2 N–H and O–H groups in total. The minimum atomic E-state index is -0.542. The Labute approximate surface area is 221 Å². The fourth-order valence-corrected chi connectivity index (χ4v) is 4.43. The van der Waals surface area contributed by atoms with Gasteiger partial charge in [-0.1, -0.05) is 5.16 Å². The number of esters is 1. The summed E-state index contributed by atoms with van der Waals surface area (Å²) in [7, 11) is 2.94. The summed E-state index contributed by atoms with van der Waals surface area (Å²) in [6.45, 7) is 1.88. The summed E-state index contributed by atoms with van der Waals surface area (Å²) < 4.78 is 41.1. The number of fused-ring (bicyclic) bond motifs is 2. The molecule has 13 heteroatoms. The lowest BCUT2D eigenvalue weighted by Crippen LogP contribution is -2.20. The number of aromatic nitrogens is 1. The summed E-state index contributed by atoms with van der Waals surface area (Å²) in [6.07, 6.45) is 1.32. The minimum Gasteiger partial charge on any atom is -0.492 e. The Balaban J connectivity index is 1.43. The van der Waals surface area contributed by atoms with Crippen molar-refractivity contribution in [2.75, 3.05) is 27.6 Å². The van der Waals surface area contributed by atoms with Gasteiger partial charge < -0.3 is 33.5 Å². The second-order valence-corrected chi connectivity index (χ2v) is 8.53. The normalized spacial score (nSPS) is 15.8. The van der Waals surface area contributed by atoms with Crippen LogP contribution in [0.25, 0.3) is 10.9 Å². The summed E-state index contributed by atoms with van der Waals surface area (Å²) in [5.74, 6) is -0.153. The zero-order chi connectivity index (χ0) is 27.5. The number of carbonyl (C=O) groups is 2. The first-order valence-corrected chi connectivity index (χ1v) is 12.0. The van der Waals surface area contributed by atoms with Crippen LogP contribution in [0.3, 0.4) is 0 Å². The monoisotopic (exact) mass is 540 g/mol. The summed E-state index contributed by atoms with van der Waals surface area (Å²) in [5.41, 5.74) is 4.45. The van der Waals surface area contributed by atoms with Gasteiger partial charge in [-0.05, 0) is 31.2 Å². The number of rotatable bonds is 9. The number of amides is 1. The molecule has 0 spiro atoms. The molecule has 2 aromatic carbocycles. The number of hydrogen-bond donors (Lipinski definition) is 2. The van der Waals surface area contributed by atoms with Crippen LogP contribution in [0.4, 0.5) is 4.39 Å². The first-order chi connectivity index (χ1) is 18.9. The van der Waals surface area contributed by atoms with Crippen LogP contribution in [0.5, 0.6) is 23.0 Å². The molecule has 3 heterocycles. The number of nitrogens with one attached hydrogen (secondary N) is 2. The molecule has 0 radical (unpaired) electrons. The lowest BCUT2D eigenvalue weighted by atomic mass is 9.96. The quantitative estimate of drug-likeness (QED) is 0.240. The zero-order valence-corrected chi connectivity index (χ0v) is 21.3. The summed E-state index contributed by atoms with van der Waals surface area (Å²) in [6, 6.07) is 5.69. The minimum absolute atomic E-state index is 0.0458. The van der Waals surface area contributed by atoms with Crippen LogP contribution in [0.15, 0.2) is 34.5 Å². The van der Waals surface area contributed by atoms with Gasteiger partial charge in [0.15, 0.2) is 17.2 Å². The number of carbonyl (C=O) groups excluding carboxylic acids is 2. The molecule has 2 aliphatic heterocycles. The van der Waals surface area contributed by atoms with Crippen LogP contribution in [0.2, 0.25) is 0 Å². The van der Waals surface area contributed by atoms with Gasteiger partial charge in [0.05, 0.1) is 27.0 Å². The largest absolute Gasteiger partial charge is 0.492 e. The number of methoxy groups -OCH3 is 2. The van der Waals surface area contributed by atoms with Gasteiger partial charge >= 0.3 is 5.97 Å². The van der Waals surface area contributed by atoms with E-state index in [1.807, 2.05) is 0 Å². The summed E-state index contributed by atoms with van der Waals surface area (Å²) >= 11 is 0. The standard InChI is InChI=1S/C26H25FN4O8/c1-4-36-26(33)20-10-15(39-31-20)9-16-17(22(35-3)24-23(21(16)34-2)37-12-38-24)11-28-30-25(32)19-8-13-7-14(27)5-6-18(13)29-19/h5-8,11,15,29H,4,9-10,12H2,1-3H3,(H,30,32)/b28-11-. The molecule has 204 valence electrons. The highest BCUT2D eigenvalue weighted by molar-refractivity contribution is 6.36. The van der Waals surface area contributed by atoms with Crippen LogP contribution in [-0.4, -0.2) is 62.5 Å². The Morgan fingerprint density at radius 1 is 1.21 bits per heavy atom. The van der Waals surface area contributed by atoms with Gasteiger partial charge in [-0.25, -0.2) is 14.6 Å². The highest BCUT2D eigenvalue weighted by Gasteiger charge is 2.34. The molecule has 1 aromatic heterocycles. The first-order valence-electron chi connectivity index (χ1n) is 12.0. The highest BCUT2D eigenvalue weighted by atomic mass is 19.1. The average Bonchev–Trinajstić information content (AvgIpc) is 3.68. The van der Waals surface area contributed by atoms with Crippen molar-refractivity contribution in [3.05, 3.63) is 46.9 Å². The third-order valence-electron chi connectivity index (χ3n) is 6.14. The van der Waals surface area contributed by atoms with Gasteiger partial charge in [-0.3, -0.25) is 4.79 Å². The van der Waals surface area contributed by atoms with Crippen molar-refractivity contribution in [1.29, 1.82) is 0 Å². The predicted molar refractivity (Wildman–Crippen MR) is 136 cm³/mol. The number of H-pyrrole nitrogens is 1. The number of nitrogens with zero attached hydrogens (tertiary/aromatic N) is 2. The van der Waals surface area contributed by atoms with Crippen LogP contribution in [0.1, 0.15) is 35.0 Å². The van der Waals surface area contributed by atoms with E-state index in [1.54, 1.807) is 13.0 Å². The van der Waals surface area contributed by atoms with Crippen LogP contribution < -0.4 is 24.4 Å². The Hall–Kier alpha value is -4.81. The molecule has 39 heavy (non-hydrogen) atoms. The molecule has 2 aliphatic rings. The maximum absolute atomic E-state index is 13.5. The van der Waals surface area contributed by atoms with Crippen molar-refractivity contribution in [3.8, 4) is 23.0 Å². The topological polar surface area (TPSA) is 142 Å². The molecule has 5 rings (SSSR count). The third kappa shape index (κ3) is 5.02. The molecule has 0 fully saturated rings. The fraction of sp³-hybridized carbons (Fsp3) is 0.308. The van der Waals surface area contributed by atoms with Gasteiger partial charge in [0.2, 0.25) is 18.3 Å². The van der Waals surface area contributed by atoms with E-state index in [9.17, 15) is 14.0 Å². The van der Waals surface area contributed by atoms with Gasteiger partial charge in [-0.2, -0.15) is 5.10 Å².